The Morgan fingerprint density at radius 3 is 3.06 bits per heavy atom. The average molecular weight is 283 g/mol. The Hall–Kier alpha value is -1.60. The lowest BCUT2D eigenvalue weighted by atomic mass is 10.3. The molecule has 1 amide bonds. The summed E-state index contributed by atoms with van der Waals surface area (Å²) in [6, 6.07) is 4.36. The maximum atomic E-state index is 13.0. The summed E-state index contributed by atoms with van der Waals surface area (Å²) in [4.78, 5) is 15.4. The highest BCUT2D eigenvalue weighted by molar-refractivity contribution is 7.80. The number of carbonyl (C=O) groups is 1. The molecule has 94 valence electrons. The monoisotopic (exact) mass is 283 g/mol. The molecule has 0 atom stereocenters. The van der Waals surface area contributed by atoms with Crippen LogP contribution in [0.3, 0.4) is 0 Å². The highest BCUT2D eigenvalue weighted by atomic mass is 32.1. The number of thiocarbonyl (C=S) groups is 1. The SMILES string of the molecule is CCC(=O)NC(=S)Nc1nc2ccc(F)cc2s1. The summed E-state index contributed by atoms with van der Waals surface area (Å²) in [6.07, 6.45) is 0.354. The van der Waals surface area contributed by atoms with Crippen LogP contribution in [-0.2, 0) is 4.79 Å². The van der Waals surface area contributed by atoms with Crippen LogP contribution in [0.2, 0.25) is 0 Å². The Morgan fingerprint density at radius 1 is 1.56 bits per heavy atom. The normalized spacial score (nSPS) is 10.3. The molecule has 2 N–H and O–H groups in total. The number of nitrogens with one attached hydrogen (secondary N) is 2. The first-order valence-electron chi connectivity index (χ1n) is 5.25. The van der Waals surface area contributed by atoms with E-state index in [1.807, 2.05) is 0 Å². The minimum absolute atomic E-state index is 0.167. The lowest BCUT2D eigenvalue weighted by Gasteiger charge is -2.04. The molecule has 0 spiro atoms. The van der Waals surface area contributed by atoms with Crippen LogP contribution in [0.15, 0.2) is 18.2 Å². The average Bonchev–Trinajstić information content (AvgIpc) is 2.69. The van der Waals surface area contributed by atoms with Crippen molar-refractivity contribution in [3.8, 4) is 0 Å². The fourth-order valence-corrected chi connectivity index (χ4v) is 2.47. The van der Waals surface area contributed by atoms with Crippen LogP contribution in [0, 0.1) is 5.82 Å². The van der Waals surface area contributed by atoms with Gasteiger partial charge in [0.15, 0.2) is 10.2 Å². The number of nitrogens with zero attached hydrogens (tertiary/aromatic N) is 1. The number of amides is 1. The molecule has 0 aliphatic carbocycles. The standard InChI is InChI=1S/C11H10FN3OS2/c1-2-9(16)14-10(17)15-11-13-7-4-3-6(12)5-8(7)18-11/h3-5H,2H2,1H3,(H2,13,14,15,16,17). The summed E-state index contributed by atoms with van der Waals surface area (Å²) in [6.45, 7) is 1.73. The summed E-state index contributed by atoms with van der Waals surface area (Å²) in [5.74, 6) is -0.473. The van der Waals surface area contributed by atoms with E-state index in [2.05, 4.69) is 15.6 Å². The second-order valence-electron chi connectivity index (χ2n) is 3.49. The van der Waals surface area contributed by atoms with Crippen LogP contribution in [0.5, 0.6) is 0 Å². The lowest BCUT2D eigenvalue weighted by Crippen LogP contribution is -2.33. The Kier molecular flexibility index (Phi) is 3.83. The van der Waals surface area contributed by atoms with Crippen LogP contribution < -0.4 is 10.6 Å². The van der Waals surface area contributed by atoms with Crippen LogP contribution in [0.1, 0.15) is 13.3 Å². The topological polar surface area (TPSA) is 54.0 Å². The van der Waals surface area contributed by atoms with E-state index in [0.29, 0.717) is 17.1 Å². The maximum absolute atomic E-state index is 13.0. The van der Waals surface area contributed by atoms with E-state index in [1.165, 1.54) is 23.5 Å². The molecule has 18 heavy (non-hydrogen) atoms. The van der Waals surface area contributed by atoms with Gasteiger partial charge in [0.1, 0.15) is 5.82 Å². The molecule has 0 aliphatic rings. The number of fused-ring (bicyclic) bond motifs is 1. The fourth-order valence-electron chi connectivity index (χ4n) is 1.30. The first kappa shape index (κ1) is 12.8. The third-order valence-electron chi connectivity index (χ3n) is 2.15. The largest absolute Gasteiger partial charge is 0.308 e. The van der Waals surface area contributed by atoms with E-state index in [1.54, 1.807) is 13.0 Å². The molecule has 2 rings (SSSR count). The van der Waals surface area contributed by atoms with Crippen molar-refractivity contribution in [1.29, 1.82) is 0 Å². The Labute approximate surface area is 112 Å². The fraction of sp³-hybridized carbons (Fsp3) is 0.182. The van der Waals surface area contributed by atoms with E-state index in [4.69, 9.17) is 12.2 Å². The van der Waals surface area contributed by atoms with Crippen molar-refractivity contribution in [3.05, 3.63) is 24.0 Å². The number of rotatable bonds is 2. The summed E-state index contributed by atoms with van der Waals surface area (Å²) >= 11 is 6.23. The predicted molar refractivity (Wildman–Crippen MR) is 74.2 cm³/mol. The van der Waals surface area contributed by atoms with E-state index >= 15 is 0 Å². The van der Waals surface area contributed by atoms with E-state index in [9.17, 15) is 9.18 Å². The number of hydrogen-bond acceptors (Lipinski definition) is 4. The molecule has 0 saturated carbocycles. The first-order valence-corrected chi connectivity index (χ1v) is 6.48. The second-order valence-corrected chi connectivity index (χ2v) is 4.93. The van der Waals surface area contributed by atoms with Gasteiger partial charge in [-0.2, -0.15) is 0 Å². The van der Waals surface area contributed by atoms with E-state index in [-0.39, 0.29) is 16.8 Å². The zero-order valence-electron chi connectivity index (χ0n) is 9.49. The molecule has 1 aromatic heterocycles. The molecule has 1 aromatic carbocycles. The van der Waals surface area contributed by atoms with Gasteiger partial charge in [-0.15, -0.1) is 0 Å². The number of carbonyl (C=O) groups excluding carboxylic acids is 1. The molecular formula is C11H10FN3OS2. The third-order valence-corrected chi connectivity index (χ3v) is 3.28. The molecule has 0 fully saturated rings. The van der Waals surface area contributed by atoms with Crippen molar-refractivity contribution in [2.45, 2.75) is 13.3 Å². The van der Waals surface area contributed by atoms with Crippen molar-refractivity contribution in [1.82, 2.24) is 10.3 Å². The Balaban J connectivity index is 2.12. The van der Waals surface area contributed by atoms with Crippen molar-refractivity contribution >= 4 is 49.9 Å². The maximum Gasteiger partial charge on any atom is 0.225 e. The predicted octanol–water partition coefficient (Wildman–Crippen LogP) is 2.66. The zero-order chi connectivity index (χ0) is 13.1. The zero-order valence-corrected chi connectivity index (χ0v) is 11.1. The Bertz CT molecular complexity index is 611. The third kappa shape index (κ3) is 2.99. The molecule has 0 aliphatic heterocycles. The van der Waals surface area contributed by atoms with Gasteiger partial charge < -0.3 is 10.6 Å². The molecule has 4 nitrogen and oxygen atoms in total. The molecular weight excluding hydrogens is 273 g/mol. The Morgan fingerprint density at radius 2 is 2.33 bits per heavy atom. The molecule has 0 radical (unpaired) electrons. The number of hydrogen-bond donors (Lipinski definition) is 2. The van der Waals surface area contributed by atoms with Crippen molar-refractivity contribution in [3.63, 3.8) is 0 Å². The number of aromatic nitrogens is 1. The summed E-state index contributed by atoms with van der Waals surface area (Å²) in [5.41, 5.74) is 0.688. The van der Waals surface area contributed by atoms with Gasteiger partial charge in [0, 0.05) is 6.42 Å². The summed E-state index contributed by atoms with van der Waals surface area (Å²) in [5, 5.41) is 6.03. The van der Waals surface area contributed by atoms with Crippen molar-refractivity contribution in [2.24, 2.45) is 0 Å². The first-order chi connectivity index (χ1) is 8.58. The molecule has 2 aromatic rings. The van der Waals surface area contributed by atoms with Gasteiger partial charge in [0.25, 0.3) is 0 Å². The minimum Gasteiger partial charge on any atom is -0.308 e. The van der Waals surface area contributed by atoms with Gasteiger partial charge in [-0.3, -0.25) is 4.79 Å². The quantitative estimate of drug-likeness (QED) is 0.832. The van der Waals surface area contributed by atoms with Gasteiger partial charge in [-0.25, -0.2) is 9.37 Å². The smallest absolute Gasteiger partial charge is 0.225 e. The van der Waals surface area contributed by atoms with Crippen LogP contribution in [-0.4, -0.2) is 16.0 Å². The lowest BCUT2D eigenvalue weighted by molar-refractivity contribution is -0.119. The highest BCUT2D eigenvalue weighted by Gasteiger charge is 2.07. The van der Waals surface area contributed by atoms with E-state index in [0.717, 1.165) is 4.70 Å². The van der Waals surface area contributed by atoms with Gasteiger partial charge >= 0.3 is 0 Å². The van der Waals surface area contributed by atoms with Crippen LogP contribution >= 0.6 is 23.6 Å². The van der Waals surface area contributed by atoms with Gasteiger partial charge in [-0.05, 0) is 30.4 Å². The molecule has 1 heterocycles. The highest BCUT2D eigenvalue weighted by Crippen LogP contribution is 2.26. The van der Waals surface area contributed by atoms with Crippen LogP contribution in [0.25, 0.3) is 10.2 Å². The van der Waals surface area contributed by atoms with Crippen molar-refractivity contribution in [2.75, 3.05) is 5.32 Å². The summed E-state index contributed by atoms with van der Waals surface area (Å²) < 4.78 is 13.7. The van der Waals surface area contributed by atoms with Gasteiger partial charge in [0.05, 0.1) is 10.2 Å². The van der Waals surface area contributed by atoms with Crippen LogP contribution in [0.4, 0.5) is 9.52 Å². The van der Waals surface area contributed by atoms with E-state index < -0.39 is 0 Å². The second kappa shape index (κ2) is 5.36. The number of halogens is 1. The minimum atomic E-state index is -0.306. The molecule has 0 unspecified atom stereocenters. The number of anilines is 1. The molecule has 0 saturated heterocycles. The molecule has 7 heteroatoms. The van der Waals surface area contributed by atoms with Gasteiger partial charge in [0.2, 0.25) is 5.91 Å². The number of benzene rings is 1. The van der Waals surface area contributed by atoms with Crippen molar-refractivity contribution < 1.29 is 9.18 Å². The number of thiazole rings is 1. The van der Waals surface area contributed by atoms with Gasteiger partial charge in [-0.1, -0.05) is 18.3 Å². The summed E-state index contributed by atoms with van der Waals surface area (Å²) in [7, 11) is 0. The molecule has 0 bridgehead atoms.